The summed E-state index contributed by atoms with van der Waals surface area (Å²) in [4.78, 5) is 14.8. The Labute approximate surface area is 152 Å². The third-order valence-electron chi connectivity index (χ3n) is 7.12. The molecule has 4 rings (SSSR count). The van der Waals surface area contributed by atoms with Gasteiger partial charge in [-0.3, -0.25) is 9.48 Å². The van der Waals surface area contributed by atoms with E-state index < -0.39 is 0 Å². The van der Waals surface area contributed by atoms with Gasteiger partial charge in [-0.25, -0.2) is 0 Å². The molecule has 1 aromatic rings. The molecule has 0 amide bonds. The number of rotatable bonds is 5. The predicted octanol–water partition coefficient (Wildman–Crippen LogP) is 3.87. The van der Waals surface area contributed by atoms with Gasteiger partial charge in [0, 0.05) is 37.2 Å². The molecular formula is C21H33N3O. The van der Waals surface area contributed by atoms with Crippen molar-refractivity contribution >= 4 is 5.78 Å². The Morgan fingerprint density at radius 2 is 1.88 bits per heavy atom. The van der Waals surface area contributed by atoms with E-state index in [0.29, 0.717) is 23.2 Å². The molecule has 4 heteroatoms. The van der Waals surface area contributed by atoms with E-state index in [1.165, 1.54) is 57.2 Å². The number of aryl methyl sites for hydroxylation is 1. The number of hydrogen-bond acceptors (Lipinski definition) is 3. The van der Waals surface area contributed by atoms with Crippen LogP contribution in [-0.4, -0.2) is 39.6 Å². The van der Waals surface area contributed by atoms with Gasteiger partial charge in [-0.2, -0.15) is 5.10 Å². The third kappa shape index (κ3) is 3.18. The summed E-state index contributed by atoms with van der Waals surface area (Å²) in [5, 5.41) is 4.57. The Morgan fingerprint density at radius 3 is 2.44 bits per heavy atom. The van der Waals surface area contributed by atoms with Crippen LogP contribution in [0.25, 0.3) is 0 Å². The van der Waals surface area contributed by atoms with Gasteiger partial charge in [0.2, 0.25) is 0 Å². The van der Waals surface area contributed by atoms with E-state index in [2.05, 4.69) is 27.8 Å². The van der Waals surface area contributed by atoms with Crippen molar-refractivity contribution < 1.29 is 4.79 Å². The number of Topliss-reactive ketones (excluding diaryl/α,β-unsaturated/α-hetero) is 1. The van der Waals surface area contributed by atoms with Crippen molar-refractivity contribution in [1.82, 2.24) is 14.7 Å². The van der Waals surface area contributed by atoms with Gasteiger partial charge in [0.1, 0.15) is 5.78 Å². The number of nitrogens with zero attached hydrogens (tertiary/aromatic N) is 3. The Balaban J connectivity index is 1.22. The van der Waals surface area contributed by atoms with Crippen LogP contribution in [0, 0.1) is 17.3 Å². The molecule has 1 aliphatic heterocycles. The maximum atomic E-state index is 12.1. The molecular weight excluding hydrogens is 310 g/mol. The fourth-order valence-corrected chi connectivity index (χ4v) is 5.46. The topological polar surface area (TPSA) is 38.1 Å². The first-order valence-electron chi connectivity index (χ1n) is 10.3. The molecule has 0 radical (unpaired) electrons. The lowest BCUT2D eigenvalue weighted by molar-refractivity contribution is -0.144. The predicted molar refractivity (Wildman–Crippen MR) is 99.5 cm³/mol. The average molecular weight is 344 g/mol. The quantitative estimate of drug-likeness (QED) is 0.814. The zero-order valence-corrected chi connectivity index (χ0v) is 16.1. The van der Waals surface area contributed by atoms with Gasteiger partial charge in [0.25, 0.3) is 0 Å². The normalized spacial score (nSPS) is 33.4. The molecule has 2 saturated carbocycles. The SMILES string of the molecule is CCc1cnn(C2CCN([C@H]3CC4(C[C@H](C(=O)C(C)C)C4)C3)CC2)c1. The molecule has 2 aliphatic carbocycles. The summed E-state index contributed by atoms with van der Waals surface area (Å²) in [6.45, 7) is 8.70. The second-order valence-corrected chi connectivity index (χ2v) is 9.17. The first-order chi connectivity index (χ1) is 12.0. The zero-order chi connectivity index (χ0) is 17.6. The maximum absolute atomic E-state index is 12.1. The maximum Gasteiger partial charge on any atom is 0.138 e. The highest BCUT2D eigenvalue weighted by atomic mass is 16.1. The largest absolute Gasteiger partial charge is 0.300 e. The first kappa shape index (κ1) is 17.3. The first-order valence-corrected chi connectivity index (χ1v) is 10.3. The van der Waals surface area contributed by atoms with Crippen LogP contribution < -0.4 is 0 Å². The number of carbonyl (C=O) groups excluding carboxylic acids is 1. The molecule has 138 valence electrons. The molecule has 4 nitrogen and oxygen atoms in total. The molecule has 1 saturated heterocycles. The summed E-state index contributed by atoms with van der Waals surface area (Å²) >= 11 is 0. The van der Waals surface area contributed by atoms with Gasteiger partial charge in [-0.15, -0.1) is 0 Å². The number of carbonyl (C=O) groups is 1. The Hall–Kier alpha value is -1.16. The fourth-order valence-electron chi connectivity index (χ4n) is 5.46. The number of ketones is 1. The van der Waals surface area contributed by atoms with Crippen molar-refractivity contribution in [2.75, 3.05) is 13.1 Å². The molecule has 0 unspecified atom stereocenters. The zero-order valence-electron chi connectivity index (χ0n) is 16.1. The van der Waals surface area contributed by atoms with Crippen LogP contribution in [0.3, 0.4) is 0 Å². The van der Waals surface area contributed by atoms with Crippen LogP contribution in [0.5, 0.6) is 0 Å². The summed E-state index contributed by atoms with van der Waals surface area (Å²) < 4.78 is 2.20. The summed E-state index contributed by atoms with van der Waals surface area (Å²) in [7, 11) is 0. The van der Waals surface area contributed by atoms with E-state index in [1.54, 1.807) is 0 Å². The van der Waals surface area contributed by atoms with Crippen LogP contribution >= 0.6 is 0 Å². The third-order valence-corrected chi connectivity index (χ3v) is 7.12. The van der Waals surface area contributed by atoms with Crippen molar-refractivity contribution in [2.45, 2.75) is 77.8 Å². The average Bonchev–Trinajstić information content (AvgIpc) is 3.01. The standard InChI is InChI=1S/C21H33N3O/c1-4-16-13-22-24(14-16)18-5-7-23(8-6-18)19-11-21(12-19)9-17(10-21)20(25)15(2)3/h13-15,17-19H,4-12H2,1-3H3/t17-,19-,21?. The molecule has 0 N–H and O–H groups in total. The van der Waals surface area contributed by atoms with Crippen molar-refractivity contribution in [1.29, 1.82) is 0 Å². The minimum Gasteiger partial charge on any atom is -0.300 e. The molecule has 0 atom stereocenters. The molecule has 2 heterocycles. The highest BCUT2D eigenvalue weighted by Crippen LogP contribution is 2.60. The van der Waals surface area contributed by atoms with Crippen LogP contribution in [0.1, 0.15) is 70.9 Å². The number of piperidine rings is 1. The van der Waals surface area contributed by atoms with Crippen molar-refractivity contribution in [2.24, 2.45) is 17.3 Å². The second-order valence-electron chi connectivity index (χ2n) is 9.17. The van der Waals surface area contributed by atoms with Crippen molar-refractivity contribution in [3.8, 4) is 0 Å². The van der Waals surface area contributed by atoms with Gasteiger partial charge >= 0.3 is 0 Å². The Morgan fingerprint density at radius 1 is 1.20 bits per heavy atom. The Kier molecular flexibility index (Phi) is 4.51. The van der Waals surface area contributed by atoms with Crippen LogP contribution in [0.15, 0.2) is 12.4 Å². The number of likely N-dealkylation sites (tertiary alicyclic amines) is 1. The van der Waals surface area contributed by atoms with Gasteiger partial charge < -0.3 is 4.90 Å². The lowest BCUT2D eigenvalue weighted by Gasteiger charge is -2.60. The second kappa shape index (κ2) is 6.53. The van der Waals surface area contributed by atoms with Gasteiger partial charge in [-0.1, -0.05) is 20.8 Å². The summed E-state index contributed by atoms with van der Waals surface area (Å²) in [5.74, 6) is 1.09. The summed E-state index contributed by atoms with van der Waals surface area (Å²) in [6.07, 6.45) is 12.8. The van der Waals surface area contributed by atoms with Gasteiger partial charge in [-0.05, 0) is 55.9 Å². The van der Waals surface area contributed by atoms with Gasteiger partial charge in [0.05, 0.1) is 12.2 Å². The summed E-state index contributed by atoms with van der Waals surface area (Å²) in [6, 6.07) is 1.36. The molecule has 1 spiro atoms. The van der Waals surface area contributed by atoms with Crippen LogP contribution in [-0.2, 0) is 11.2 Å². The van der Waals surface area contributed by atoms with Crippen molar-refractivity contribution in [3.05, 3.63) is 18.0 Å². The minimum atomic E-state index is 0.216. The molecule has 0 aromatic carbocycles. The van der Waals surface area contributed by atoms with Gasteiger partial charge in [0.15, 0.2) is 0 Å². The van der Waals surface area contributed by atoms with E-state index in [0.717, 1.165) is 12.5 Å². The minimum absolute atomic E-state index is 0.216. The van der Waals surface area contributed by atoms with Crippen molar-refractivity contribution in [3.63, 3.8) is 0 Å². The van der Waals surface area contributed by atoms with E-state index in [-0.39, 0.29) is 5.92 Å². The molecule has 3 fully saturated rings. The summed E-state index contributed by atoms with van der Waals surface area (Å²) in [5.41, 5.74) is 1.88. The highest BCUT2D eigenvalue weighted by Gasteiger charge is 2.55. The van der Waals surface area contributed by atoms with E-state index in [1.807, 2.05) is 20.0 Å². The van der Waals surface area contributed by atoms with Crippen LogP contribution in [0.4, 0.5) is 0 Å². The van der Waals surface area contributed by atoms with E-state index in [4.69, 9.17) is 0 Å². The van der Waals surface area contributed by atoms with E-state index in [9.17, 15) is 4.79 Å². The molecule has 0 bridgehead atoms. The monoisotopic (exact) mass is 343 g/mol. The van der Waals surface area contributed by atoms with E-state index >= 15 is 0 Å². The smallest absolute Gasteiger partial charge is 0.138 e. The lowest BCUT2D eigenvalue weighted by Crippen LogP contribution is -2.58. The lowest BCUT2D eigenvalue weighted by atomic mass is 9.48. The highest BCUT2D eigenvalue weighted by molar-refractivity contribution is 5.83. The molecule has 3 aliphatic rings. The Bertz CT molecular complexity index is 613. The number of hydrogen-bond donors (Lipinski definition) is 0. The van der Waals surface area contributed by atoms with Crippen LogP contribution in [0.2, 0.25) is 0 Å². The number of aromatic nitrogens is 2. The molecule has 25 heavy (non-hydrogen) atoms. The fraction of sp³-hybridized carbons (Fsp3) is 0.810. The molecule has 1 aromatic heterocycles.